The second kappa shape index (κ2) is 5.73. The quantitative estimate of drug-likeness (QED) is 0.870. The van der Waals surface area contributed by atoms with Crippen LogP contribution in [0.4, 0.5) is 5.69 Å². The molecule has 5 heteroatoms. The summed E-state index contributed by atoms with van der Waals surface area (Å²) in [6.07, 6.45) is 3.80. The number of aromatic nitrogens is 2. The zero-order valence-electron chi connectivity index (χ0n) is 10.1. The fourth-order valence-corrected chi connectivity index (χ4v) is 1.55. The molecule has 0 aliphatic carbocycles. The molecule has 1 heterocycles. The van der Waals surface area contributed by atoms with Crippen LogP contribution in [0, 0.1) is 11.3 Å². The molecule has 5 nitrogen and oxygen atoms in total. The van der Waals surface area contributed by atoms with Gasteiger partial charge in [-0.05, 0) is 24.3 Å². The molecule has 0 unspecified atom stereocenters. The molecule has 0 atom stereocenters. The minimum atomic E-state index is 0.0719. The lowest BCUT2D eigenvalue weighted by Crippen LogP contribution is -1.98. The third-order valence-corrected chi connectivity index (χ3v) is 2.41. The van der Waals surface area contributed by atoms with Gasteiger partial charge in [0.1, 0.15) is 11.8 Å². The summed E-state index contributed by atoms with van der Waals surface area (Å²) in [5.74, 6) is 0.698. The Morgan fingerprint density at radius 1 is 1.39 bits per heavy atom. The molecule has 0 saturated heterocycles. The predicted molar refractivity (Wildman–Crippen MR) is 68.1 cm³/mol. The van der Waals surface area contributed by atoms with Gasteiger partial charge in [-0.2, -0.15) is 10.4 Å². The molecule has 1 aromatic heterocycles. The Labute approximate surface area is 106 Å². The number of aryl methyl sites for hydroxylation is 1. The maximum Gasteiger partial charge on any atom is 0.174 e. The highest BCUT2D eigenvalue weighted by atomic mass is 16.5. The smallest absolute Gasteiger partial charge is 0.174 e. The van der Waals surface area contributed by atoms with Crippen LogP contribution in [0.15, 0.2) is 36.7 Å². The summed E-state index contributed by atoms with van der Waals surface area (Å²) in [6.45, 7) is 0.800. The second-order valence-electron chi connectivity index (χ2n) is 3.85. The molecule has 1 N–H and O–H groups in total. The first kappa shape index (κ1) is 12.0. The summed E-state index contributed by atoms with van der Waals surface area (Å²) in [7, 11) is 1.89. The number of rotatable bonds is 5. The van der Waals surface area contributed by atoms with Crippen molar-refractivity contribution in [1.82, 2.24) is 9.78 Å². The van der Waals surface area contributed by atoms with Gasteiger partial charge in [-0.1, -0.05) is 0 Å². The van der Waals surface area contributed by atoms with Gasteiger partial charge in [0.05, 0.1) is 6.20 Å². The Morgan fingerprint density at radius 2 is 2.17 bits per heavy atom. The normalized spacial score (nSPS) is 9.78. The van der Waals surface area contributed by atoms with E-state index in [-0.39, 0.29) is 6.61 Å². The molecule has 2 aromatic rings. The Bertz CT molecular complexity index is 539. The van der Waals surface area contributed by atoms with Crippen molar-refractivity contribution < 1.29 is 4.74 Å². The maximum atomic E-state index is 8.40. The molecule has 0 radical (unpaired) electrons. The Morgan fingerprint density at radius 3 is 2.78 bits per heavy atom. The van der Waals surface area contributed by atoms with E-state index in [0.29, 0.717) is 5.75 Å². The highest BCUT2D eigenvalue weighted by molar-refractivity contribution is 5.46. The molecule has 0 aliphatic rings. The molecule has 92 valence electrons. The number of ether oxygens (including phenoxy) is 1. The van der Waals surface area contributed by atoms with Crippen LogP contribution in [0.2, 0.25) is 0 Å². The van der Waals surface area contributed by atoms with Crippen molar-refractivity contribution in [3.05, 3.63) is 42.2 Å². The number of nitrogens with one attached hydrogen (secondary N) is 1. The molecule has 0 amide bonds. The van der Waals surface area contributed by atoms with Crippen LogP contribution in [-0.4, -0.2) is 16.4 Å². The number of hydrogen-bond donors (Lipinski definition) is 1. The predicted octanol–water partition coefficient (Wildman–Crippen LogP) is 1.93. The van der Waals surface area contributed by atoms with E-state index in [2.05, 4.69) is 10.4 Å². The number of benzene rings is 1. The van der Waals surface area contributed by atoms with Crippen LogP contribution in [0.25, 0.3) is 0 Å². The lowest BCUT2D eigenvalue weighted by molar-refractivity contribution is 0.368. The van der Waals surface area contributed by atoms with E-state index in [0.717, 1.165) is 17.8 Å². The van der Waals surface area contributed by atoms with Gasteiger partial charge in [0.15, 0.2) is 6.61 Å². The first-order valence-electron chi connectivity index (χ1n) is 5.59. The topological polar surface area (TPSA) is 62.9 Å². The van der Waals surface area contributed by atoms with E-state index in [4.69, 9.17) is 10.00 Å². The maximum absolute atomic E-state index is 8.40. The number of hydrogen-bond acceptors (Lipinski definition) is 4. The summed E-state index contributed by atoms with van der Waals surface area (Å²) in [5.41, 5.74) is 2.13. The van der Waals surface area contributed by atoms with Crippen molar-refractivity contribution in [3.8, 4) is 11.8 Å². The Balaban J connectivity index is 1.88. The summed E-state index contributed by atoms with van der Waals surface area (Å²) < 4.78 is 6.95. The third kappa shape index (κ3) is 3.25. The van der Waals surface area contributed by atoms with Crippen LogP contribution >= 0.6 is 0 Å². The van der Waals surface area contributed by atoms with Crippen LogP contribution in [0.3, 0.4) is 0 Å². The van der Waals surface area contributed by atoms with Crippen molar-refractivity contribution in [2.24, 2.45) is 7.05 Å². The molecule has 2 rings (SSSR count). The van der Waals surface area contributed by atoms with Gasteiger partial charge in [-0.25, -0.2) is 0 Å². The van der Waals surface area contributed by atoms with E-state index in [9.17, 15) is 0 Å². The largest absolute Gasteiger partial charge is 0.479 e. The molecule has 18 heavy (non-hydrogen) atoms. The van der Waals surface area contributed by atoms with Gasteiger partial charge in [-0.3, -0.25) is 4.68 Å². The third-order valence-electron chi connectivity index (χ3n) is 2.41. The zero-order valence-corrected chi connectivity index (χ0v) is 10.1. The van der Waals surface area contributed by atoms with E-state index < -0.39 is 0 Å². The lowest BCUT2D eigenvalue weighted by Gasteiger charge is -2.06. The zero-order chi connectivity index (χ0) is 12.8. The van der Waals surface area contributed by atoms with Gasteiger partial charge in [0.25, 0.3) is 0 Å². The average Bonchev–Trinajstić information content (AvgIpc) is 2.81. The van der Waals surface area contributed by atoms with Gasteiger partial charge >= 0.3 is 0 Å². The highest BCUT2D eigenvalue weighted by Gasteiger charge is 1.97. The van der Waals surface area contributed by atoms with E-state index in [1.54, 1.807) is 4.68 Å². The fourth-order valence-electron chi connectivity index (χ4n) is 1.55. The summed E-state index contributed by atoms with van der Waals surface area (Å²) >= 11 is 0. The Hall–Kier alpha value is -2.48. The monoisotopic (exact) mass is 242 g/mol. The lowest BCUT2D eigenvalue weighted by atomic mass is 10.3. The van der Waals surface area contributed by atoms with Gasteiger partial charge in [0.2, 0.25) is 0 Å². The minimum Gasteiger partial charge on any atom is -0.479 e. The standard InChI is InChI=1S/C13H14N4O/c1-17-10-11(9-16-17)8-15-12-2-4-13(5-3-12)18-7-6-14/h2-5,9-10,15H,7-8H2,1H3. The van der Waals surface area contributed by atoms with E-state index in [1.165, 1.54) is 0 Å². The molecule has 0 bridgehead atoms. The summed E-state index contributed by atoms with van der Waals surface area (Å²) in [5, 5.41) is 15.8. The summed E-state index contributed by atoms with van der Waals surface area (Å²) in [6, 6.07) is 9.44. The van der Waals surface area contributed by atoms with Crippen molar-refractivity contribution in [3.63, 3.8) is 0 Å². The van der Waals surface area contributed by atoms with Crippen LogP contribution in [-0.2, 0) is 13.6 Å². The molecule has 0 spiro atoms. The molecule has 1 aromatic carbocycles. The van der Waals surface area contributed by atoms with Crippen LogP contribution < -0.4 is 10.1 Å². The van der Waals surface area contributed by atoms with Crippen molar-refractivity contribution in [2.75, 3.05) is 11.9 Å². The van der Waals surface area contributed by atoms with E-state index in [1.807, 2.05) is 49.8 Å². The molecule has 0 saturated carbocycles. The summed E-state index contributed by atoms with van der Waals surface area (Å²) in [4.78, 5) is 0. The molecular weight excluding hydrogens is 228 g/mol. The van der Waals surface area contributed by atoms with Gasteiger partial charge in [0, 0.05) is 31.0 Å². The van der Waals surface area contributed by atoms with Crippen molar-refractivity contribution in [1.29, 1.82) is 5.26 Å². The van der Waals surface area contributed by atoms with Crippen LogP contribution in [0.5, 0.6) is 5.75 Å². The minimum absolute atomic E-state index is 0.0719. The van der Waals surface area contributed by atoms with Gasteiger partial charge < -0.3 is 10.1 Å². The number of nitrogens with zero attached hydrogens (tertiary/aromatic N) is 3. The highest BCUT2D eigenvalue weighted by Crippen LogP contribution is 2.16. The van der Waals surface area contributed by atoms with Gasteiger partial charge in [-0.15, -0.1) is 0 Å². The molecule has 0 fully saturated rings. The Kier molecular flexibility index (Phi) is 3.82. The van der Waals surface area contributed by atoms with E-state index >= 15 is 0 Å². The number of nitriles is 1. The van der Waals surface area contributed by atoms with Crippen molar-refractivity contribution in [2.45, 2.75) is 6.54 Å². The first-order valence-corrected chi connectivity index (χ1v) is 5.59. The van der Waals surface area contributed by atoms with Crippen molar-refractivity contribution >= 4 is 5.69 Å². The average molecular weight is 242 g/mol. The molecule has 0 aliphatic heterocycles. The molecular formula is C13H14N4O. The van der Waals surface area contributed by atoms with Crippen LogP contribution in [0.1, 0.15) is 5.56 Å². The fraction of sp³-hybridized carbons (Fsp3) is 0.231. The second-order valence-corrected chi connectivity index (χ2v) is 3.85. The SMILES string of the molecule is Cn1cc(CNc2ccc(OCC#N)cc2)cn1. The first-order chi connectivity index (χ1) is 8.78. The number of anilines is 1.